The van der Waals surface area contributed by atoms with E-state index >= 15 is 0 Å². The van der Waals surface area contributed by atoms with Crippen LogP contribution in [0.4, 0.5) is 5.69 Å². The Hall–Kier alpha value is -2.87. The fraction of sp³-hybridized carbons (Fsp3) is 0.318. The van der Waals surface area contributed by atoms with Crippen molar-refractivity contribution < 1.29 is 14.7 Å². The van der Waals surface area contributed by atoms with Gasteiger partial charge in [0.25, 0.3) is 0 Å². The number of hydrogen-bond donors (Lipinski definition) is 2. The van der Waals surface area contributed by atoms with Crippen molar-refractivity contribution in [3.63, 3.8) is 0 Å². The summed E-state index contributed by atoms with van der Waals surface area (Å²) in [5.41, 5.74) is 3.77. The third-order valence-electron chi connectivity index (χ3n) is 5.51. The van der Waals surface area contributed by atoms with Crippen LogP contribution >= 0.6 is 15.9 Å². The number of fused-ring (bicyclic) bond motifs is 2. The van der Waals surface area contributed by atoms with Crippen molar-refractivity contribution in [3.05, 3.63) is 62.5 Å². The normalized spacial score (nSPS) is 14.0. The number of carbonyl (C=O) groups excluding carboxylic acids is 1. The van der Waals surface area contributed by atoms with Gasteiger partial charge in [0.15, 0.2) is 0 Å². The summed E-state index contributed by atoms with van der Waals surface area (Å²) < 4.78 is 4.11. The molecule has 4 rings (SSSR count). The smallest absolute Gasteiger partial charge is 0.329 e. The quantitative estimate of drug-likeness (QED) is 0.545. The van der Waals surface area contributed by atoms with E-state index in [1.807, 2.05) is 43.3 Å². The summed E-state index contributed by atoms with van der Waals surface area (Å²) in [6, 6.07) is 10.8. The molecule has 7 nitrogen and oxygen atoms in total. The van der Waals surface area contributed by atoms with Gasteiger partial charge >= 0.3 is 11.7 Å². The number of nitrogens with one attached hydrogen (secondary N) is 1. The molecule has 1 atom stereocenters. The van der Waals surface area contributed by atoms with Crippen LogP contribution in [0.25, 0.3) is 11.0 Å². The molecule has 1 aliphatic rings. The minimum absolute atomic E-state index is 0.0661. The topological polar surface area (TPSA) is 93.3 Å². The molecule has 1 amide bonds. The van der Waals surface area contributed by atoms with E-state index in [1.165, 1.54) is 0 Å². The van der Waals surface area contributed by atoms with Crippen molar-refractivity contribution in [2.24, 2.45) is 0 Å². The number of benzene rings is 2. The Morgan fingerprint density at radius 3 is 2.67 bits per heavy atom. The summed E-state index contributed by atoms with van der Waals surface area (Å²) in [7, 11) is 0. The van der Waals surface area contributed by atoms with Crippen molar-refractivity contribution >= 4 is 44.5 Å². The zero-order valence-corrected chi connectivity index (χ0v) is 18.1. The Kier molecular flexibility index (Phi) is 5.51. The number of hydrogen-bond acceptors (Lipinski definition) is 3. The van der Waals surface area contributed by atoms with Crippen molar-refractivity contribution in [1.82, 2.24) is 9.13 Å². The third-order valence-corrected chi connectivity index (χ3v) is 5.97. The standard InChI is InChI=1S/C22H22BrN3O4/c1-2-5-15(10-21(28)29)26-19-7-4-3-6-18(19)25(22(26)30)12-13-8-14(23)9-17-16(13)11-20(27)24-17/h3-4,6-9,15H,2,5,10-12H2,1H3,(H,24,27)(H,28,29)/t15-/m0/s1. The number of aliphatic carboxylic acids is 1. The second kappa shape index (κ2) is 8.10. The first-order valence-corrected chi connectivity index (χ1v) is 10.7. The Labute approximate surface area is 181 Å². The van der Waals surface area contributed by atoms with Gasteiger partial charge in [-0.15, -0.1) is 0 Å². The first kappa shape index (κ1) is 20.4. The van der Waals surface area contributed by atoms with E-state index < -0.39 is 12.0 Å². The molecule has 156 valence electrons. The largest absolute Gasteiger partial charge is 0.481 e. The fourth-order valence-corrected chi connectivity index (χ4v) is 4.78. The zero-order valence-electron chi connectivity index (χ0n) is 16.5. The lowest BCUT2D eigenvalue weighted by atomic mass is 10.0. The van der Waals surface area contributed by atoms with E-state index in [4.69, 9.17) is 0 Å². The number of carboxylic acids is 1. The molecular weight excluding hydrogens is 450 g/mol. The highest BCUT2D eigenvalue weighted by Crippen LogP contribution is 2.32. The SMILES string of the molecule is CCC[C@@H](CC(=O)O)n1c(=O)n(Cc2cc(Br)cc3c2CC(=O)N3)c2ccccc21. The lowest BCUT2D eigenvalue weighted by Crippen LogP contribution is -2.29. The molecule has 2 heterocycles. The average Bonchev–Trinajstić information content (AvgIpc) is 3.18. The van der Waals surface area contributed by atoms with Crippen LogP contribution in [0.2, 0.25) is 0 Å². The maximum Gasteiger partial charge on any atom is 0.329 e. The molecule has 2 aromatic carbocycles. The average molecular weight is 472 g/mol. The first-order chi connectivity index (χ1) is 14.4. The predicted octanol–water partition coefficient (Wildman–Crippen LogP) is 3.92. The third kappa shape index (κ3) is 3.67. The van der Waals surface area contributed by atoms with Gasteiger partial charge < -0.3 is 10.4 Å². The van der Waals surface area contributed by atoms with E-state index in [9.17, 15) is 19.5 Å². The molecule has 0 radical (unpaired) electrons. The van der Waals surface area contributed by atoms with Crippen molar-refractivity contribution in [3.8, 4) is 0 Å². The molecule has 1 aliphatic heterocycles. The van der Waals surface area contributed by atoms with Gasteiger partial charge in [0.2, 0.25) is 5.91 Å². The number of para-hydroxylation sites is 2. The first-order valence-electron chi connectivity index (χ1n) is 9.91. The Morgan fingerprint density at radius 2 is 1.97 bits per heavy atom. The molecule has 8 heteroatoms. The molecule has 0 saturated carbocycles. The van der Waals surface area contributed by atoms with Crippen LogP contribution in [0.3, 0.4) is 0 Å². The van der Waals surface area contributed by atoms with Crippen LogP contribution in [0, 0.1) is 0 Å². The molecule has 30 heavy (non-hydrogen) atoms. The lowest BCUT2D eigenvalue weighted by Gasteiger charge is -2.16. The van der Waals surface area contributed by atoms with Gasteiger partial charge in [-0.1, -0.05) is 41.4 Å². The van der Waals surface area contributed by atoms with E-state index in [0.29, 0.717) is 13.0 Å². The van der Waals surface area contributed by atoms with Gasteiger partial charge in [-0.3, -0.25) is 18.7 Å². The molecule has 0 aliphatic carbocycles. The molecule has 2 N–H and O–H groups in total. The summed E-state index contributed by atoms with van der Waals surface area (Å²) >= 11 is 3.48. The minimum Gasteiger partial charge on any atom is -0.481 e. The summed E-state index contributed by atoms with van der Waals surface area (Å²) in [5.74, 6) is -0.991. The Bertz CT molecular complexity index is 1210. The van der Waals surface area contributed by atoms with Gasteiger partial charge in [0.1, 0.15) is 0 Å². The second-order valence-electron chi connectivity index (χ2n) is 7.58. The summed E-state index contributed by atoms with van der Waals surface area (Å²) in [6.07, 6.45) is 1.55. The van der Waals surface area contributed by atoms with Crippen LogP contribution in [0.5, 0.6) is 0 Å². The van der Waals surface area contributed by atoms with Crippen LogP contribution in [-0.2, 0) is 22.6 Å². The molecule has 1 aromatic heterocycles. The number of aromatic nitrogens is 2. The zero-order chi connectivity index (χ0) is 21.4. The minimum atomic E-state index is -0.924. The van der Waals surface area contributed by atoms with Crippen molar-refractivity contribution in [2.75, 3.05) is 5.32 Å². The van der Waals surface area contributed by atoms with E-state index in [0.717, 1.165) is 38.7 Å². The second-order valence-corrected chi connectivity index (χ2v) is 8.50. The van der Waals surface area contributed by atoms with Gasteiger partial charge in [-0.05, 0) is 41.8 Å². The van der Waals surface area contributed by atoms with E-state index in [2.05, 4.69) is 21.2 Å². The predicted molar refractivity (Wildman–Crippen MR) is 118 cm³/mol. The Morgan fingerprint density at radius 1 is 1.23 bits per heavy atom. The Balaban J connectivity index is 1.86. The maximum absolute atomic E-state index is 13.5. The van der Waals surface area contributed by atoms with Gasteiger partial charge in [0.05, 0.1) is 30.4 Å². The van der Waals surface area contributed by atoms with Crippen LogP contribution < -0.4 is 11.0 Å². The van der Waals surface area contributed by atoms with Crippen LogP contribution in [0.15, 0.2) is 45.7 Å². The van der Waals surface area contributed by atoms with Gasteiger partial charge in [0, 0.05) is 16.2 Å². The van der Waals surface area contributed by atoms with Gasteiger partial charge in [-0.25, -0.2) is 4.79 Å². The number of halogens is 1. The van der Waals surface area contributed by atoms with Crippen LogP contribution in [-0.4, -0.2) is 26.1 Å². The number of imidazole rings is 1. The fourth-order valence-electron chi connectivity index (χ4n) is 4.28. The van der Waals surface area contributed by atoms with Crippen molar-refractivity contribution in [2.45, 2.75) is 45.2 Å². The number of amides is 1. The van der Waals surface area contributed by atoms with Gasteiger partial charge in [-0.2, -0.15) is 0 Å². The van der Waals surface area contributed by atoms with E-state index in [-0.39, 0.29) is 24.4 Å². The molecule has 0 saturated heterocycles. The molecule has 0 bridgehead atoms. The number of carboxylic acid groups (broad SMARTS) is 1. The summed E-state index contributed by atoms with van der Waals surface area (Å²) in [5, 5.41) is 12.2. The number of rotatable bonds is 7. The lowest BCUT2D eigenvalue weighted by molar-refractivity contribution is -0.138. The summed E-state index contributed by atoms with van der Waals surface area (Å²) in [6.45, 7) is 2.28. The summed E-state index contributed by atoms with van der Waals surface area (Å²) in [4.78, 5) is 36.8. The van der Waals surface area contributed by atoms with Crippen molar-refractivity contribution in [1.29, 1.82) is 0 Å². The molecule has 0 unspecified atom stereocenters. The number of carbonyl (C=O) groups is 2. The number of anilines is 1. The highest BCUT2D eigenvalue weighted by Gasteiger charge is 2.25. The monoisotopic (exact) mass is 471 g/mol. The molecule has 0 spiro atoms. The molecular formula is C22H22BrN3O4. The number of nitrogens with zero attached hydrogens (tertiary/aromatic N) is 2. The highest BCUT2D eigenvalue weighted by atomic mass is 79.9. The highest BCUT2D eigenvalue weighted by molar-refractivity contribution is 9.10. The van der Waals surface area contributed by atoms with Crippen LogP contribution in [0.1, 0.15) is 43.4 Å². The maximum atomic E-state index is 13.5. The molecule has 3 aromatic rings. The molecule has 0 fully saturated rings. The van der Waals surface area contributed by atoms with E-state index in [1.54, 1.807) is 9.13 Å².